The smallest absolute Gasteiger partial charge is 0.242 e. The molecule has 0 aliphatic carbocycles. The van der Waals surface area contributed by atoms with Crippen molar-refractivity contribution in [3.05, 3.63) is 29.8 Å². The van der Waals surface area contributed by atoms with Gasteiger partial charge in [0.15, 0.2) is 0 Å². The van der Waals surface area contributed by atoms with Gasteiger partial charge in [-0.15, -0.1) is 0 Å². The number of hydrogen-bond donors (Lipinski definition) is 1. The summed E-state index contributed by atoms with van der Waals surface area (Å²) in [7, 11) is 1.62. The average Bonchev–Trinajstić information content (AvgIpc) is 2.56. The van der Waals surface area contributed by atoms with E-state index in [4.69, 9.17) is 4.74 Å². The predicted octanol–water partition coefficient (Wildman–Crippen LogP) is 2.84. The van der Waals surface area contributed by atoms with Gasteiger partial charge in [-0.1, -0.05) is 39.8 Å². The number of carbonyl (C=O) groups is 2. The molecule has 0 saturated heterocycles. The number of benzene rings is 1. The maximum absolute atomic E-state index is 12.6. The first-order chi connectivity index (χ1) is 11.3. The van der Waals surface area contributed by atoms with E-state index < -0.39 is 6.04 Å². The summed E-state index contributed by atoms with van der Waals surface area (Å²) < 4.78 is 5.16. The van der Waals surface area contributed by atoms with Crippen molar-refractivity contribution < 1.29 is 14.3 Å². The summed E-state index contributed by atoms with van der Waals surface area (Å²) in [5, 5.41) is 2.91. The van der Waals surface area contributed by atoms with Crippen LogP contribution < -0.4 is 10.1 Å². The molecule has 1 unspecified atom stereocenters. The third-order valence-electron chi connectivity index (χ3n) is 3.82. The van der Waals surface area contributed by atoms with E-state index in [1.165, 1.54) is 0 Å². The molecule has 0 spiro atoms. The standard InChI is InChI=1S/C19H30N2O3/c1-13(2)11-20-18(22)15(5)21(19(23)14(3)4)12-16-7-9-17(24-6)10-8-16/h7-10,13-15H,11-12H2,1-6H3,(H,20,22). The summed E-state index contributed by atoms with van der Waals surface area (Å²) >= 11 is 0. The molecule has 1 aromatic rings. The second kappa shape index (κ2) is 9.30. The SMILES string of the molecule is COc1ccc(CN(C(=O)C(C)C)C(C)C(=O)NCC(C)C)cc1. The van der Waals surface area contributed by atoms with Crippen LogP contribution in [0.4, 0.5) is 0 Å². The zero-order valence-electron chi connectivity index (χ0n) is 15.6. The molecule has 5 nitrogen and oxygen atoms in total. The number of hydrogen-bond acceptors (Lipinski definition) is 3. The van der Waals surface area contributed by atoms with Crippen LogP contribution in [0.2, 0.25) is 0 Å². The monoisotopic (exact) mass is 334 g/mol. The van der Waals surface area contributed by atoms with Crippen molar-refractivity contribution in [1.82, 2.24) is 10.2 Å². The van der Waals surface area contributed by atoms with Crippen LogP contribution in [0.1, 0.15) is 40.2 Å². The Balaban J connectivity index is 2.90. The zero-order valence-corrected chi connectivity index (χ0v) is 15.6. The molecular formula is C19H30N2O3. The molecule has 0 saturated carbocycles. The predicted molar refractivity (Wildman–Crippen MR) is 95.7 cm³/mol. The van der Waals surface area contributed by atoms with Gasteiger partial charge in [-0.2, -0.15) is 0 Å². The summed E-state index contributed by atoms with van der Waals surface area (Å²) in [6.45, 7) is 10.6. The molecule has 1 rings (SSSR count). The Hall–Kier alpha value is -2.04. The fourth-order valence-corrected chi connectivity index (χ4v) is 2.26. The maximum atomic E-state index is 12.6. The maximum Gasteiger partial charge on any atom is 0.242 e. The summed E-state index contributed by atoms with van der Waals surface area (Å²) in [6.07, 6.45) is 0. The second-order valence-corrected chi connectivity index (χ2v) is 6.78. The lowest BCUT2D eigenvalue weighted by Gasteiger charge is -2.30. The average molecular weight is 334 g/mol. The lowest BCUT2D eigenvalue weighted by Crippen LogP contribution is -2.49. The Labute approximate surface area is 145 Å². The van der Waals surface area contributed by atoms with Gasteiger partial charge in [-0.25, -0.2) is 0 Å². The van der Waals surface area contributed by atoms with Gasteiger partial charge < -0.3 is 15.0 Å². The Bertz CT molecular complexity index is 538. The topological polar surface area (TPSA) is 58.6 Å². The number of ether oxygens (including phenoxy) is 1. The second-order valence-electron chi connectivity index (χ2n) is 6.78. The molecule has 24 heavy (non-hydrogen) atoms. The highest BCUT2D eigenvalue weighted by atomic mass is 16.5. The third-order valence-corrected chi connectivity index (χ3v) is 3.82. The molecule has 134 valence electrons. The van der Waals surface area contributed by atoms with Crippen LogP contribution in [0.25, 0.3) is 0 Å². The highest BCUT2D eigenvalue weighted by Gasteiger charge is 2.27. The van der Waals surface area contributed by atoms with Gasteiger partial charge in [0.05, 0.1) is 7.11 Å². The van der Waals surface area contributed by atoms with E-state index in [0.717, 1.165) is 11.3 Å². The van der Waals surface area contributed by atoms with Gasteiger partial charge in [-0.3, -0.25) is 9.59 Å². The Morgan fingerprint density at radius 1 is 1.08 bits per heavy atom. The van der Waals surface area contributed by atoms with Gasteiger partial charge in [0.1, 0.15) is 11.8 Å². The van der Waals surface area contributed by atoms with Crippen LogP contribution in [0.5, 0.6) is 5.75 Å². The van der Waals surface area contributed by atoms with Gasteiger partial charge in [0, 0.05) is 19.0 Å². The Morgan fingerprint density at radius 3 is 2.12 bits per heavy atom. The normalized spacial score (nSPS) is 12.2. The van der Waals surface area contributed by atoms with Crippen molar-refractivity contribution >= 4 is 11.8 Å². The molecule has 5 heteroatoms. The largest absolute Gasteiger partial charge is 0.497 e. The van der Waals surface area contributed by atoms with Crippen LogP contribution in [0.3, 0.4) is 0 Å². The van der Waals surface area contributed by atoms with Crippen LogP contribution in [-0.4, -0.2) is 36.4 Å². The van der Waals surface area contributed by atoms with Crippen molar-refractivity contribution in [2.45, 2.75) is 47.2 Å². The summed E-state index contributed by atoms with van der Waals surface area (Å²) in [5.74, 6) is 0.827. The van der Waals surface area contributed by atoms with Crippen LogP contribution in [0.15, 0.2) is 24.3 Å². The first kappa shape index (κ1) is 20.0. The molecular weight excluding hydrogens is 304 g/mol. The summed E-state index contributed by atoms with van der Waals surface area (Å²) in [5.41, 5.74) is 0.966. The number of amides is 2. The fourth-order valence-electron chi connectivity index (χ4n) is 2.26. The van der Waals surface area contributed by atoms with Crippen LogP contribution in [0, 0.1) is 11.8 Å². The number of methoxy groups -OCH3 is 1. The fraction of sp³-hybridized carbons (Fsp3) is 0.579. The van der Waals surface area contributed by atoms with E-state index in [-0.39, 0.29) is 17.7 Å². The minimum Gasteiger partial charge on any atom is -0.497 e. The molecule has 1 N–H and O–H groups in total. The highest BCUT2D eigenvalue weighted by molar-refractivity contribution is 5.88. The van der Waals surface area contributed by atoms with E-state index in [1.54, 1.807) is 18.9 Å². The van der Waals surface area contributed by atoms with E-state index in [2.05, 4.69) is 5.32 Å². The van der Waals surface area contributed by atoms with Crippen molar-refractivity contribution in [3.8, 4) is 5.75 Å². The zero-order chi connectivity index (χ0) is 18.3. The molecule has 0 radical (unpaired) electrons. The molecule has 1 atom stereocenters. The summed E-state index contributed by atoms with van der Waals surface area (Å²) in [4.78, 5) is 26.6. The van der Waals surface area contributed by atoms with Crippen molar-refractivity contribution in [3.63, 3.8) is 0 Å². The Morgan fingerprint density at radius 2 is 1.67 bits per heavy atom. The molecule has 0 aliphatic heterocycles. The molecule has 0 fully saturated rings. The number of rotatable bonds is 8. The highest BCUT2D eigenvalue weighted by Crippen LogP contribution is 2.16. The van der Waals surface area contributed by atoms with Gasteiger partial charge in [0.25, 0.3) is 0 Å². The molecule has 1 aromatic carbocycles. The molecule has 0 heterocycles. The van der Waals surface area contributed by atoms with Gasteiger partial charge >= 0.3 is 0 Å². The lowest BCUT2D eigenvalue weighted by molar-refractivity contribution is -0.143. The molecule has 2 amide bonds. The minimum absolute atomic E-state index is 0.0296. The molecule has 0 bridgehead atoms. The van der Waals surface area contributed by atoms with Crippen molar-refractivity contribution in [2.75, 3.05) is 13.7 Å². The quantitative estimate of drug-likeness (QED) is 0.795. The first-order valence-corrected chi connectivity index (χ1v) is 8.47. The third kappa shape index (κ3) is 5.87. The van der Waals surface area contributed by atoms with Crippen LogP contribution in [-0.2, 0) is 16.1 Å². The number of carbonyl (C=O) groups excluding carboxylic acids is 2. The van der Waals surface area contributed by atoms with Crippen LogP contribution >= 0.6 is 0 Å². The summed E-state index contributed by atoms with van der Waals surface area (Å²) in [6, 6.07) is 7.03. The van der Waals surface area contributed by atoms with Crippen molar-refractivity contribution in [1.29, 1.82) is 0 Å². The Kier molecular flexibility index (Phi) is 7.75. The lowest BCUT2D eigenvalue weighted by atomic mass is 10.1. The van der Waals surface area contributed by atoms with E-state index in [9.17, 15) is 9.59 Å². The minimum atomic E-state index is -0.513. The molecule has 0 aromatic heterocycles. The van der Waals surface area contributed by atoms with E-state index in [0.29, 0.717) is 19.0 Å². The van der Waals surface area contributed by atoms with E-state index >= 15 is 0 Å². The number of nitrogens with zero attached hydrogens (tertiary/aromatic N) is 1. The van der Waals surface area contributed by atoms with E-state index in [1.807, 2.05) is 52.0 Å². The van der Waals surface area contributed by atoms with Crippen molar-refractivity contribution in [2.24, 2.45) is 11.8 Å². The van der Waals surface area contributed by atoms with Gasteiger partial charge in [0.2, 0.25) is 11.8 Å². The number of nitrogens with one attached hydrogen (secondary N) is 1. The van der Waals surface area contributed by atoms with Gasteiger partial charge in [-0.05, 0) is 30.5 Å². The molecule has 0 aliphatic rings. The first-order valence-electron chi connectivity index (χ1n) is 8.47.